The molecule has 0 aliphatic heterocycles. The van der Waals surface area contributed by atoms with E-state index in [1.54, 1.807) is 13.8 Å². The summed E-state index contributed by atoms with van der Waals surface area (Å²) in [6.07, 6.45) is -1.61. The van der Waals surface area contributed by atoms with Crippen LogP contribution < -0.4 is 21.7 Å². The van der Waals surface area contributed by atoms with Crippen molar-refractivity contribution in [2.45, 2.75) is 63.7 Å². The van der Waals surface area contributed by atoms with Gasteiger partial charge in [-0.05, 0) is 18.8 Å². The summed E-state index contributed by atoms with van der Waals surface area (Å²) in [4.78, 5) is 70.4. The Balaban J connectivity index is 5.48. The molecule has 0 aromatic heterocycles. The highest BCUT2D eigenvalue weighted by molar-refractivity contribution is 7.80. The van der Waals surface area contributed by atoms with Crippen LogP contribution in [0.4, 0.5) is 0 Å². The molecule has 0 aromatic rings. The Morgan fingerprint density at radius 2 is 1.31 bits per heavy atom. The molecule has 182 valence electrons. The molecule has 0 heterocycles. The van der Waals surface area contributed by atoms with E-state index in [1.807, 2.05) is 0 Å². The third-order valence-electron chi connectivity index (χ3n) is 4.15. The molecule has 8 N–H and O–H groups in total. The van der Waals surface area contributed by atoms with E-state index < -0.39 is 72.6 Å². The quantitative estimate of drug-likeness (QED) is 0.123. The summed E-state index contributed by atoms with van der Waals surface area (Å²) in [6.45, 7) is 3.46. The molecule has 0 rings (SSSR count). The van der Waals surface area contributed by atoms with Gasteiger partial charge < -0.3 is 37.0 Å². The minimum absolute atomic E-state index is 0.0570. The van der Waals surface area contributed by atoms with Crippen molar-refractivity contribution in [2.75, 3.05) is 5.75 Å². The van der Waals surface area contributed by atoms with Gasteiger partial charge in [-0.3, -0.25) is 24.0 Å². The molecule has 0 fully saturated rings. The molecule has 0 spiro atoms. The molecule has 0 aromatic carbocycles. The number of hydrogen-bond donors (Lipinski definition) is 8. The van der Waals surface area contributed by atoms with Gasteiger partial charge >= 0.3 is 17.9 Å². The first-order valence-electron chi connectivity index (χ1n) is 9.72. The highest BCUT2D eigenvalue weighted by Gasteiger charge is 2.31. The molecular weight excluding hydrogens is 448 g/mol. The lowest BCUT2D eigenvalue weighted by molar-refractivity contribution is -0.144. The van der Waals surface area contributed by atoms with E-state index in [9.17, 15) is 33.9 Å². The van der Waals surface area contributed by atoms with Gasteiger partial charge in [0.05, 0.1) is 12.5 Å². The third-order valence-corrected chi connectivity index (χ3v) is 4.54. The number of aliphatic carboxylic acids is 3. The van der Waals surface area contributed by atoms with Gasteiger partial charge in [-0.1, -0.05) is 13.8 Å². The number of hydrogen-bond acceptors (Lipinski definition) is 8. The van der Waals surface area contributed by atoms with Crippen molar-refractivity contribution in [3.05, 3.63) is 0 Å². The Kier molecular flexibility index (Phi) is 13.0. The second kappa shape index (κ2) is 14.2. The van der Waals surface area contributed by atoms with Gasteiger partial charge in [0.1, 0.15) is 18.1 Å². The summed E-state index contributed by atoms with van der Waals surface area (Å²) in [5.41, 5.74) is 5.51. The highest BCUT2D eigenvalue weighted by Crippen LogP contribution is 2.08. The molecule has 13 nitrogen and oxygen atoms in total. The van der Waals surface area contributed by atoms with E-state index >= 15 is 0 Å². The van der Waals surface area contributed by atoms with Crippen molar-refractivity contribution in [3.63, 3.8) is 0 Å². The summed E-state index contributed by atoms with van der Waals surface area (Å²) in [5, 5.41) is 33.7. The lowest BCUT2D eigenvalue weighted by atomic mass is 10.0. The van der Waals surface area contributed by atoms with Gasteiger partial charge in [0.2, 0.25) is 17.7 Å². The Hall–Kier alpha value is -2.87. The first-order valence-corrected chi connectivity index (χ1v) is 10.4. The van der Waals surface area contributed by atoms with Crippen molar-refractivity contribution >= 4 is 48.3 Å². The number of amides is 3. The fraction of sp³-hybridized carbons (Fsp3) is 0.667. The smallest absolute Gasteiger partial charge is 0.326 e. The fourth-order valence-corrected chi connectivity index (χ4v) is 2.68. The number of carboxylic acids is 3. The SMILES string of the molecule is CC(C)CC(NC(=O)C(CC(=O)O)NC(=O)C(N)CS)C(=O)NC(CCC(=O)O)C(=O)O. The van der Waals surface area contributed by atoms with Gasteiger partial charge in [0.15, 0.2) is 0 Å². The van der Waals surface area contributed by atoms with E-state index in [4.69, 9.17) is 15.9 Å². The molecule has 0 radical (unpaired) electrons. The minimum atomic E-state index is -1.55. The number of nitrogens with two attached hydrogens (primary N) is 1. The zero-order valence-electron chi connectivity index (χ0n) is 17.7. The van der Waals surface area contributed by atoms with Gasteiger partial charge in [-0.15, -0.1) is 0 Å². The van der Waals surface area contributed by atoms with Gasteiger partial charge in [-0.2, -0.15) is 12.6 Å². The molecule has 0 bridgehead atoms. The Labute approximate surface area is 189 Å². The molecular formula is C18H30N4O9S. The second-order valence-corrected chi connectivity index (χ2v) is 7.84. The number of carboxylic acid groups (broad SMARTS) is 3. The maximum atomic E-state index is 12.6. The molecule has 0 aliphatic rings. The van der Waals surface area contributed by atoms with Crippen LogP contribution in [0.2, 0.25) is 0 Å². The van der Waals surface area contributed by atoms with E-state index in [0.29, 0.717) is 0 Å². The van der Waals surface area contributed by atoms with Gasteiger partial charge in [0, 0.05) is 12.2 Å². The maximum absolute atomic E-state index is 12.6. The van der Waals surface area contributed by atoms with Crippen molar-refractivity contribution < 1.29 is 44.1 Å². The van der Waals surface area contributed by atoms with Crippen LogP contribution in [0.25, 0.3) is 0 Å². The van der Waals surface area contributed by atoms with E-state index in [2.05, 4.69) is 28.6 Å². The van der Waals surface area contributed by atoms with Crippen LogP contribution in [0.1, 0.15) is 39.5 Å². The van der Waals surface area contributed by atoms with E-state index in [-0.39, 0.29) is 24.5 Å². The second-order valence-electron chi connectivity index (χ2n) is 7.47. The number of carbonyl (C=O) groups is 6. The number of thiol groups is 1. The van der Waals surface area contributed by atoms with Crippen LogP contribution in [0.15, 0.2) is 0 Å². The van der Waals surface area contributed by atoms with Crippen molar-refractivity contribution in [3.8, 4) is 0 Å². The minimum Gasteiger partial charge on any atom is -0.481 e. The maximum Gasteiger partial charge on any atom is 0.326 e. The fourth-order valence-electron chi connectivity index (χ4n) is 2.52. The van der Waals surface area contributed by atoms with Crippen LogP contribution >= 0.6 is 12.6 Å². The van der Waals surface area contributed by atoms with E-state index in [0.717, 1.165) is 0 Å². The first kappa shape index (κ1) is 29.1. The summed E-state index contributed by atoms with van der Waals surface area (Å²) in [5.74, 6) is -6.98. The molecule has 14 heteroatoms. The van der Waals surface area contributed by atoms with Crippen LogP contribution in [-0.4, -0.2) is 80.9 Å². The topological polar surface area (TPSA) is 225 Å². The Morgan fingerprint density at radius 3 is 1.75 bits per heavy atom. The van der Waals surface area contributed by atoms with Crippen LogP contribution in [0, 0.1) is 5.92 Å². The monoisotopic (exact) mass is 478 g/mol. The van der Waals surface area contributed by atoms with Crippen molar-refractivity contribution in [1.82, 2.24) is 16.0 Å². The molecule has 32 heavy (non-hydrogen) atoms. The molecule has 0 aliphatic carbocycles. The standard InChI is InChI=1S/C18H30N4O9S/c1-8(2)5-11(16(28)20-10(18(30)31)3-4-13(23)24)22-17(29)12(6-14(25)26)21-15(27)9(19)7-32/h8-12,32H,3-7,19H2,1-2H3,(H,20,28)(H,21,27)(H,22,29)(H,23,24)(H,25,26)(H,30,31). The molecule has 0 saturated heterocycles. The largest absolute Gasteiger partial charge is 0.481 e. The van der Waals surface area contributed by atoms with Gasteiger partial charge in [0.25, 0.3) is 0 Å². The van der Waals surface area contributed by atoms with Crippen LogP contribution in [-0.2, 0) is 28.8 Å². The predicted molar refractivity (Wildman–Crippen MR) is 114 cm³/mol. The lowest BCUT2D eigenvalue weighted by Gasteiger charge is -2.25. The number of rotatable bonds is 15. The summed E-state index contributed by atoms with van der Waals surface area (Å²) < 4.78 is 0. The van der Waals surface area contributed by atoms with Crippen molar-refractivity contribution in [2.24, 2.45) is 11.7 Å². The normalized spacial score (nSPS) is 14.5. The molecule has 0 saturated carbocycles. The van der Waals surface area contributed by atoms with Crippen molar-refractivity contribution in [1.29, 1.82) is 0 Å². The summed E-state index contributed by atoms with van der Waals surface area (Å²) in [7, 11) is 0. The number of carbonyl (C=O) groups excluding carboxylic acids is 3. The summed E-state index contributed by atoms with van der Waals surface area (Å²) >= 11 is 3.86. The van der Waals surface area contributed by atoms with Crippen LogP contribution in [0.5, 0.6) is 0 Å². The zero-order valence-corrected chi connectivity index (χ0v) is 18.6. The lowest BCUT2D eigenvalue weighted by Crippen LogP contribution is -2.57. The Morgan fingerprint density at radius 1 is 0.812 bits per heavy atom. The third kappa shape index (κ3) is 11.5. The van der Waals surface area contributed by atoms with E-state index in [1.165, 1.54) is 0 Å². The predicted octanol–water partition coefficient (Wildman–Crippen LogP) is -1.83. The van der Waals surface area contributed by atoms with Gasteiger partial charge in [-0.25, -0.2) is 4.79 Å². The Bertz CT molecular complexity index is 717. The highest BCUT2D eigenvalue weighted by atomic mass is 32.1. The van der Waals surface area contributed by atoms with Crippen LogP contribution in [0.3, 0.4) is 0 Å². The average molecular weight is 479 g/mol. The summed E-state index contributed by atoms with van der Waals surface area (Å²) in [6, 6.07) is -5.41. The number of nitrogens with one attached hydrogen (secondary N) is 3. The molecule has 4 unspecified atom stereocenters. The molecule has 4 atom stereocenters. The molecule has 3 amide bonds. The first-order chi connectivity index (χ1) is 14.8. The average Bonchev–Trinajstić information content (AvgIpc) is 2.67. The zero-order chi connectivity index (χ0) is 25.0.